The van der Waals surface area contributed by atoms with Crippen LogP contribution in [0.5, 0.6) is 5.75 Å². The quantitative estimate of drug-likeness (QED) is 0.311. The van der Waals surface area contributed by atoms with E-state index < -0.39 is 0 Å². The van der Waals surface area contributed by atoms with E-state index in [4.69, 9.17) is 4.74 Å². The summed E-state index contributed by atoms with van der Waals surface area (Å²) in [4.78, 5) is 24.8. The van der Waals surface area contributed by atoms with Crippen LogP contribution in [0.3, 0.4) is 0 Å². The van der Waals surface area contributed by atoms with Crippen molar-refractivity contribution in [1.82, 2.24) is 14.8 Å². The average Bonchev–Trinajstić information content (AvgIpc) is 3.16. The fraction of sp³-hybridized carbons (Fsp3) is 0.182. The number of aromatic nitrogens is 3. The van der Waals surface area contributed by atoms with Crippen LogP contribution in [0.2, 0.25) is 0 Å². The van der Waals surface area contributed by atoms with Gasteiger partial charge in [0.2, 0.25) is 11.8 Å². The van der Waals surface area contributed by atoms with Gasteiger partial charge < -0.3 is 19.9 Å². The number of hydrogen-bond donors (Lipinski definition) is 2. The number of carbonyl (C=O) groups excluding carboxylic acids is 2. The van der Waals surface area contributed by atoms with Crippen LogP contribution in [-0.4, -0.2) is 39.4 Å². The summed E-state index contributed by atoms with van der Waals surface area (Å²) >= 11 is 4.61. The third-order valence-electron chi connectivity index (χ3n) is 4.26. The Hall–Kier alpha value is -3.11. The standard InChI is InChI=1S/C22H22BrN5O3S/c1-3-12-28-19(13-20(29)24-17-8-10-18(31-2)11-9-17)26-27-22(28)32-14-21(30)25-16-6-4-15(23)5-7-16/h3-11H,1,12-14H2,2H3,(H,24,29)(H,25,30). The second-order valence-corrected chi connectivity index (χ2v) is 8.45. The predicted octanol–water partition coefficient (Wildman–Crippen LogP) is 4.15. The number of benzene rings is 2. The molecular weight excluding hydrogens is 494 g/mol. The molecule has 0 atom stereocenters. The molecule has 0 fully saturated rings. The van der Waals surface area contributed by atoms with Crippen LogP contribution in [0, 0.1) is 0 Å². The zero-order chi connectivity index (χ0) is 22.9. The highest BCUT2D eigenvalue weighted by Gasteiger charge is 2.16. The summed E-state index contributed by atoms with van der Waals surface area (Å²) in [6.45, 7) is 4.18. The van der Waals surface area contributed by atoms with Crippen LogP contribution in [0.1, 0.15) is 5.82 Å². The summed E-state index contributed by atoms with van der Waals surface area (Å²) in [6, 6.07) is 14.4. The number of carbonyl (C=O) groups is 2. The Morgan fingerprint density at radius 1 is 1.06 bits per heavy atom. The molecule has 2 amide bonds. The molecule has 0 saturated heterocycles. The Morgan fingerprint density at radius 2 is 1.69 bits per heavy atom. The van der Waals surface area contributed by atoms with Crippen LogP contribution in [0.15, 0.2) is 70.8 Å². The summed E-state index contributed by atoms with van der Waals surface area (Å²) in [7, 11) is 1.58. The van der Waals surface area contributed by atoms with Gasteiger partial charge in [-0.1, -0.05) is 33.8 Å². The van der Waals surface area contributed by atoms with Crippen molar-refractivity contribution in [3.63, 3.8) is 0 Å². The van der Waals surface area contributed by atoms with Gasteiger partial charge in [0.25, 0.3) is 0 Å². The molecule has 166 valence electrons. The minimum atomic E-state index is -0.225. The minimum absolute atomic E-state index is 0.0402. The maximum atomic E-state index is 12.5. The average molecular weight is 516 g/mol. The molecule has 0 unspecified atom stereocenters. The molecule has 0 aliphatic carbocycles. The number of anilines is 2. The monoisotopic (exact) mass is 515 g/mol. The predicted molar refractivity (Wildman–Crippen MR) is 129 cm³/mol. The van der Waals surface area contributed by atoms with Crippen molar-refractivity contribution in [2.24, 2.45) is 0 Å². The van der Waals surface area contributed by atoms with E-state index >= 15 is 0 Å². The number of hydrogen-bond acceptors (Lipinski definition) is 6. The van der Waals surface area contributed by atoms with Crippen molar-refractivity contribution in [1.29, 1.82) is 0 Å². The number of allylic oxidation sites excluding steroid dienone is 1. The second kappa shape index (κ2) is 11.5. The van der Waals surface area contributed by atoms with E-state index in [1.54, 1.807) is 42.0 Å². The first-order valence-electron chi connectivity index (χ1n) is 9.63. The van der Waals surface area contributed by atoms with Gasteiger partial charge in [0.1, 0.15) is 11.6 Å². The third-order valence-corrected chi connectivity index (χ3v) is 5.75. The molecule has 0 saturated carbocycles. The van der Waals surface area contributed by atoms with E-state index in [9.17, 15) is 9.59 Å². The molecule has 0 aliphatic heterocycles. The first kappa shape index (κ1) is 23.6. The van der Waals surface area contributed by atoms with Gasteiger partial charge in [-0.3, -0.25) is 9.59 Å². The Morgan fingerprint density at radius 3 is 2.31 bits per heavy atom. The van der Waals surface area contributed by atoms with Crippen molar-refractivity contribution in [3.8, 4) is 5.75 Å². The van der Waals surface area contributed by atoms with Gasteiger partial charge in [-0.15, -0.1) is 16.8 Å². The molecule has 10 heteroatoms. The topological polar surface area (TPSA) is 98.1 Å². The molecule has 0 spiro atoms. The van der Waals surface area contributed by atoms with Gasteiger partial charge in [-0.05, 0) is 48.5 Å². The lowest BCUT2D eigenvalue weighted by atomic mass is 10.3. The lowest BCUT2D eigenvalue weighted by Gasteiger charge is -2.09. The molecule has 8 nitrogen and oxygen atoms in total. The summed E-state index contributed by atoms with van der Waals surface area (Å²) in [6.07, 6.45) is 1.73. The van der Waals surface area contributed by atoms with E-state index in [0.717, 1.165) is 4.47 Å². The highest BCUT2D eigenvalue weighted by atomic mass is 79.9. The molecule has 2 N–H and O–H groups in total. The third kappa shape index (κ3) is 6.69. The van der Waals surface area contributed by atoms with Crippen molar-refractivity contribution in [3.05, 3.63) is 71.5 Å². The molecule has 0 bridgehead atoms. The molecule has 1 heterocycles. The SMILES string of the molecule is C=CCn1c(CC(=O)Nc2ccc(OC)cc2)nnc1SCC(=O)Nc1ccc(Br)cc1. The molecule has 2 aromatic carbocycles. The molecule has 0 radical (unpaired) electrons. The van der Waals surface area contributed by atoms with Crippen molar-refractivity contribution in [2.45, 2.75) is 18.1 Å². The summed E-state index contributed by atoms with van der Waals surface area (Å²) in [5.41, 5.74) is 1.37. The Balaban J connectivity index is 1.59. The van der Waals surface area contributed by atoms with Gasteiger partial charge in [0, 0.05) is 22.4 Å². The molecule has 3 rings (SSSR count). The summed E-state index contributed by atoms with van der Waals surface area (Å²) < 4.78 is 7.83. The van der Waals surface area contributed by atoms with Crippen LogP contribution < -0.4 is 15.4 Å². The number of thioether (sulfide) groups is 1. The van der Waals surface area contributed by atoms with Gasteiger partial charge in [-0.25, -0.2) is 0 Å². The number of nitrogens with zero attached hydrogens (tertiary/aromatic N) is 3. The lowest BCUT2D eigenvalue weighted by Crippen LogP contribution is -2.18. The maximum Gasteiger partial charge on any atom is 0.234 e. The maximum absolute atomic E-state index is 12.5. The largest absolute Gasteiger partial charge is 0.497 e. The Labute approximate surface area is 198 Å². The Bertz CT molecular complexity index is 1080. The van der Waals surface area contributed by atoms with Crippen molar-refractivity contribution < 1.29 is 14.3 Å². The fourth-order valence-electron chi connectivity index (χ4n) is 2.75. The molecule has 3 aromatic rings. The lowest BCUT2D eigenvalue weighted by molar-refractivity contribution is -0.116. The van der Waals surface area contributed by atoms with E-state index in [-0.39, 0.29) is 24.0 Å². The molecule has 0 aliphatic rings. The van der Waals surface area contributed by atoms with Crippen LogP contribution in [-0.2, 0) is 22.6 Å². The summed E-state index contributed by atoms with van der Waals surface area (Å²) in [5.74, 6) is 0.969. The number of rotatable bonds is 10. The van der Waals surface area contributed by atoms with Gasteiger partial charge in [0.05, 0.1) is 19.3 Å². The zero-order valence-corrected chi connectivity index (χ0v) is 19.8. The first-order chi connectivity index (χ1) is 15.5. The van der Waals surface area contributed by atoms with E-state index in [1.807, 2.05) is 24.3 Å². The first-order valence-corrected chi connectivity index (χ1v) is 11.4. The number of halogens is 1. The number of ether oxygens (including phenoxy) is 1. The second-order valence-electron chi connectivity index (χ2n) is 6.60. The smallest absolute Gasteiger partial charge is 0.234 e. The highest BCUT2D eigenvalue weighted by Crippen LogP contribution is 2.20. The molecule has 1 aromatic heterocycles. The van der Waals surface area contributed by atoms with Crippen LogP contribution in [0.25, 0.3) is 0 Å². The Kier molecular flexibility index (Phi) is 8.46. The van der Waals surface area contributed by atoms with E-state index in [1.165, 1.54) is 11.8 Å². The highest BCUT2D eigenvalue weighted by molar-refractivity contribution is 9.10. The molecular formula is C22H22BrN5O3S. The number of methoxy groups -OCH3 is 1. The van der Waals surface area contributed by atoms with Gasteiger partial charge in [0.15, 0.2) is 5.16 Å². The van der Waals surface area contributed by atoms with Gasteiger partial charge in [-0.2, -0.15) is 0 Å². The fourth-order valence-corrected chi connectivity index (χ4v) is 3.78. The normalized spacial score (nSPS) is 10.4. The minimum Gasteiger partial charge on any atom is -0.497 e. The zero-order valence-electron chi connectivity index (χ0n) is 17.4. The van der Waals surface area contributed by atoms with Crippen LogP contribution >= 0.6 is 27.7 Å². The van der Waals surface area contributed by atoms with Crippen molar-refractivity contribution in [2.75, 3.05) is 23.5 Å². The number of amides is 2. The van der Waals surface area contributed by atoms with E-state index in [2.05, 4.69) is 43.3 Å². The van der Waals surface area contributed by atoms with E-state index in [0.29, 0.717) is 34.6 Å². The van der Waals surface area contributed by atoms with Crippen LogP contribution in [0.4, 0.5) is 11.4 Å². The summed E-state index contributed by atoms with van der Waals surface area (Å²) in [5, 5.41) is 14.5. The van der Waals surface area contributed by atoms with Gasteiger partial charge >= 0.3 is 0 Å². The molecule has 32 heavy (non-hydrogen) atoms. The number of nitrogens with one attached hydrogen (secondary N) is 2. The van der Waals surface area contributed by atoms with Crippen molar-refractivity contribution >= 4 is 50.9 Å².